The lowest BCUT2D eigenvalue weighted by atomic mass is 9.98. The van der Waals surface area contributed by atoms with Crippen LogP contribution < -0.4 is 0 Å². The van der Waals surface area contributed by atoms with Crippen LogP contribution in [0.4, 0.5) is 8.78 Å². The van der Waals surface area contributed by atoms with Crippen LogP contribution in [-0.2, 0) is 0 Å². The number of aryl methyl sites for hydroxylation is 1. The smallest absolute Gasteiger partial charge is 0.256 e. The zero-order valence-corrected chi connectivity index (χ0v) is 13.2. The van der Waals surface area contributed by atoms with Gasteiger partial charge in [0.05, 0.1) is 16.9 Å². The molecule has 0 aliphatic carbocycles. The number of carbonyl (C=O) groups is 1. The van der Waals surface area contributed by atoms with Gasteiger partial charge < -0.3 is 4.90 Å². The van der Waals surface area contributed by atoms with Crippen molar-refractivity contribution < 1.29 is 13.6 Å². The second-order valence-electron chi connectivity index (χ2n) is 6.08. The third kappa shape index (κ3) is 3.11. The van der Waals surface area contributed by atoms with Crippen LogP contribution in [0.1, 0.15) is 35.8 Å². The molecule has 1 unspecified atom stereocenters. The summed E-state index contributed by atoms with van der Waals surface area (Å²) in [5.41, 5.74) is 1.99. The standard InChI is InChI=1S/C17H19F2N3O/c1-12-7-9-22(20-12)15-6-4-3-5-14(15)16(23)21-10-8-17(18,19)11-13(21)2/h3-7,9,13H,8,10-11H2,1-2H3. The van der Waals surface area contributed by atoms with E-state index >= 15 is 0 Å². The van der Waals surface area contributed by atoms with Crippen molar-refractivity contribution in [1.29, 1.82) is 0 Å². The van der Waals surface area contributed by atoms with Gasteiger partial charge in [-0.2, -0.15) is 5.10 Å². The minimum Gasteiger partial charge on any atom is -0.335 e. The zero-order valence-electron chi connectivity index (χ0n) is 13.2. The monoisotopic (exact) mass is 319 g/mol. The maximum Gasteiger partial charge on any atom is 0.256 e. The second-order valence-corrected chi connectivity index (χ2v) is 6.08. The number of amides is 1. The molecule has 23 heavy (non-hydrogen) atoms. The van der Waals surface area contributed by atoms with Crippen LogP contribution in [0, 0.1) is 6.92 Å². The molecule has 1 aliphatic rings. The van der Waals surface area contributed by atoms with E-state index in [2.05, 4.69) is 5.10 Å². The van der Waals surface area contributed by atoms with Gasteiger partial charge in [0.1, 0.15) is 0 Å². The summed E-state index contributed by atoms with van der Waals surface area (Å²) in [7, 11) is 0. The second kappa shape index (κ2) is 5.76. The lowest BCUT2D eigenvalue weighted by Gasteiger charge is -2.37. The van der Waals surface area contributed by atoms with Crippen molar-refractivity contribution in [2.24, 2.45) is 0 Å². The molecule has 0 saturated carbocycles. The molecule has 1 saturated heterocycles. The van der Waals surface area contributed by atoms with Crippen molar-refractivity contribution in [3.63, 3.8) is 0 Å². The molecule has 1 fully saturated rings. The van der Waals surface area contributed by atoms with E-state index < -0.39 is 12.0 Å². The molecule has 3 rings (SSSR count). The summed E-state index contributed by atoms with van der Waals surface area (Å²) in [6.45, 7) is 3.61. The molecule has 1 atom stereocenters. The number of piperidine rings is 1. The van der Waals surface area contributed by atoms with Gasteiger partial charge in [-0.3, -0.25) is 4.79 Å². The third-order valence-corrected chi connectivity index (χ3v) is 4.21. The average Bonchev–Trinajstić information content (AvgIpc) is 2.92. The molecule has 1 aromatic heterocycles. The molecular weight excluding hydrogens is 300 g/mol. The Balaban J connectivity index is 1.92. The summed E-state index contributed by atoms with van der Waals surface area (Å²) in [6.07, 6.45) is 1.21. The van der Waals surface area contributed by atoms with E-state index in [0.717, 1.165) is 5.69 Å². The van der Waals surface area contributed by atoms with Gasteiger partial charge in [-0.05, 0) is 32.0 Å². The van der Waals surface area contributed by atoms with Crippen LogP contribution in [-0.4, -0.2) is 39.1 Å². The minimum atomic E-state index is -2.69. The molecule has 6 heteroatoms. The Bertz CT molecular complexity index is 726. The van der Waals surface area contributed by atoms with Gasteiger partial charge in [-0.1, -0.05) is 12.1 Å². The molecule has 0 bridgehead atoms. The van der Waals surface area contributed by atoms with Gasteiger partial charge >= 0.3 is 0 Å². The number of nitrogens with zero attached hydrogens (tertiary/aromatic N) is 3. The summed E-state index contributed by atoms with van der Waals surface area (Å²) in [6, 6.07) is 8.49. The SMILES string of the molecule is Cc1ccn(-c2ccccc2C(=O)N2CCC(F)(F)CC2C)n1. The van der Waals surface area contributed by atoms with Gasteiger partial charge in [0, 0.05) is 31.6 Å². The number of benzene rings is 1. The van der Waals surface area contributed by atoms with Crippen molar-refractivity contribution in [3.05, 3.63) is 47.8 Å². The predicted octanol–water partition coefficient (Wildman–Crippen LogP) is 3.44. The van der Waals surface area contributed by atoms with Crippen molar-refractivity contribution in [1.82, 2.24) is 14.7 Å². The number of carbonyl (C=O) groups excluding carboxylic acids is 1. The Morgan fingerprint density at radius 2 is 2.04 bits per heavy atom. The summed E-state index contributed by atoms with van der Waals surface area (Å²) in [5.74, 6) is -2.91. The molecule has 0 N–H and O–H groups in total. The lowest BCUT2D eigenvalue weighted by molar-refractivity contribution is -0.0664. The first kappa shape index (κ1) is 15.6. The Labute approximate surface area is 133 Å². The van der Waals surface area contributed by atoms with Gasteiger partial charge in [-0.25, -0.2) is 13.5 Å². The maximum absolute atomic E-state index is 13.5. The normalized spacial score (nSPS) is 20.5. The van der Waals surface area contributed by atoms with Crippen LogP contribution in [0.3, 0.4) is 0 Å². The van der Waals surface area contributed by atoms with Crippen LogP contribution in [0.25, 0.3) is 5.69 Å². The number of halogens is 2. The number of hydrogen-bond acceptors (Lipinski definition) is 2. The van der Waals surface area contributed by atoms with Gasteiger partial charge in [0.25, 0.3) is 11.8 Å². The van der Waals surface area contributed by atoms with E-state index in [1.54, 1.807) is 29.9 Å². The largest absolute Gasteiger partial charge is 0.335 e. The average molecular weight is 319 g/mol. The van der Waals surface area contributed by atoms with Crippen LogP contribution >= 0.6 is 0 Å². The number of para-hydroxylation sites is 1. The summed E-state index contributed by atoms with van der Waals surface area (Å²) in [5, 5.41) is 4.34. The molecule has 1 amide bonds. The van der Waals surface area contributed by atoms with Crippen molar-refractivity contribution in [2.45, 2.75) is 38.7 Å². The predicted molar refractivity (Wildman–Crippen MR) is 83.0 cm³/mol. The van der Waals surface area contributed by atoms with Gasteiger partial charge in [0.15, 0.2) is 0 Å². The van der Waals surface area contributed by atoms with E-state index in [0.29, 0.717) is 11.3 Å². The van der Waals surface area contributed by atoms with Crippen LogP contribution in [0.2, 0.25) is 0 Å². The fourth-order valence-electron chi connectivity index (χ4n) is 3.01. The fourth-order valence-corrected chi connectivity index (χ4v) is 3.01. The van der Waals surface area contributed by atoms with Crippen molar-refractivity contribution in [2.75, 3.05) is 6.54 Å². The molecule has 122 valence electrons. The van der Waals surface area contributed by atoms with Crippen LogP contribution in [0.15, 0.2) is 36.5 Å². The minimum absolute atomic E-state index is 0.0689. The molecule has 0 spiro atoms. The van der Waals surface area contributed by atoms with Gasteiger partial charge in [-0.15, -0.1) is 0 Å². The number of aromatic nitrogens is 2. The van der Waals surface area contributed by atoms with Crippen molar-refractivity contribution >= 4 is 5.91 Å². The number of hydrogen-bond donors (Lipinski definition) is 0. The number of likely N-dealkylation sites (tertiary alicyclic amines) is 1. The molecule has 0 radical (unpaired) electrons. The number of alkyl halides is 2. The zero-order chi connectivity index (χ0) is 16.6. The Morgan fingerprint density at radius 1 is 1.30 bits per heavy atom. The Kier molecular flexibility index (Phi) is 3.92. The molecule has 1 aromatic carbocycles. The summed E-state index contributed by atoms with van der Waals surface area (Å²) >= 11 is 0. The quantitative estimate of drug-likeness (QED) is 0.850. The highest BCUT2D eigenvalue weighted by molar-refractivity contribution is 5.98. The molecular formula is C17H19F2N3O. The molecule has 2 heterocycles. The molecule has 2 aromatic rings. The molecule has 4 nitrogen and oxygen atoms in total. The maximum atomic E-state index is 13.5. The third-order valence-electron chi connectivity index (χ3n) is 4.21. The highest BCUT2D eigenvalue weighted by Crippen LogP contribution is 2.32. The summed E-state index contributed by atoms with van der Waals surface area (Å²) in [4.78, 5) is 14.4. The Morgan fingerprint density at radius 3 is 2.70 bits per heavy atom. The van der Waals surface area contributed by atoms with E-state index in [1.165, 1.54) is 4.90 Å². The number of rotatable bonds is 2. The highest BCUT2D eigenvalue weighted by atomic mass is 19.3. The van der Waals surface area contributed by atoms with E-state index in [4.69, 9.17) is 0 Å². The Hall–Kier alpha value is -2.24. The first-order valence-corrected chi connectivity index (χ1v) is 7.68. The first-order chi connectivity index (χ1) is 10.9. The lowest BCUT2D eigenvalue weighted by Crippen LogP contribution is -2.48. The van der Waals surface area contributed by atoms with E-state index in [-0.39, 0.29) is 25.3 Å². The van der Waals surface area contributed by atoms with Crippen LogP contribution in [0.5, 0.6) is 0 Å². The van der Waals surface area contributed by atoms with E-state index in [1.807, 2.05) is 25.1 Å². The highest BCUT2D eigenvalue weighted by Gasteiger charge is 2.40. The topological polar surface area (TPSA) is 38.1 Å². The van der Waals surface area contributed by atoms with Crippen molar-refractivity contribution in [3.8, 4) is 5.69 Å². The fraction of sp³-hybridized carbons (Fsp3) is 0.412. The summed E-state index contributed by atoms with van der Waals surface area (Å²) < 4.78 is 28.6. The van der Waals surface area contributed by atoms with E-state index in [9.17, 15) is 13.6 Å². The van der Waals surface area contributed by atoms with Gasteiger partial charge in [0.2, 0.25) is 0 Å². The molecule has 1 aliphatic heterocycles. The first-order valence-electron chi connectivity index (χ1n) is 7.68.